The van der Waals surface area contributed by atoms with Gasteiger partial charge in [-0.15, -0.1) is 0 Å². The van der Waals surface area contributed by atoms with Crippen LogP contribution in [0.5, 0.6) is 0 Å². The first kappa shape index (κ1) is 14.2. The van der Waals surface area contributed by atoms with Crippen LogP contribution < -0.4 is 5.73 Å². The lowest BCUT2D eigenvalue weighted by molar-refractivity contribution is 0.259. The maximum atomic E-state index is 13.7. The zero-order valence-corrected chi connectivity index (χ0v) is 11.2. The summed E-state index contributed by atoms with van der Waals surface area (Å²) in [5.41, 5.74) is 5.50. The zero-order valence-electron chi connectivity index (χ0n) is 10.4. The Kier molecular flexibility index (Phi) is 4.07. The Morgan fingerprint density at radius 2 is 2.21 bits per heavy atom. The van der Waals surface area contributed by atoms with Crippen LogP contribution in [0.15, 0.2) is 23.1 Å². The molecule has 1 heterocycles. The van der Waals surface area contributed by atoms with Crippen molar-refractivity contribution in [1.82, 2.24) is 4.31 Å². The molecular weight excluding hydrogens is 271 g/mol. The number of anilines is 1. The first-order valence-corrected chi connectivity index (χ1v) is 7.56. The highest BCUT2D eigenvalue weighted by Crippen LogP contribution is 2.30. The molecule has 19 heavy (non-hydrogen) atoms. The van der Waals surface area contributed by atoms with E-state index in [1.165, 1.54) is 16.4 Å². The number of aliphatic hydroxyl groups is 1. The van der Waals surface area contributed by atoms with Gasteiger partial charge in [-0.1, -0.05) is 6.07 Å². The van der Waals surface area contributed by atoms with Gasteiger partial charge in [0, 0.05) is 19.7 Å². The quantitative estimate of drug-likeness (QED) is 0.803. The van der Waals surface area contributed by atoms with Gasteiger partial charge >= 0.3 is 0 Å². The molecule has 0 radical (unpaired) electrons. The van der Waals surface area contributed by atoms with E-state index in [1.54, 1.807) is 0 Å². The predicted molar refractivity (Wildman–Crippen MR) is 69.4 cm³/mol. The fourth-order valence-corrected chi connectivity index (χ4v) is 4.05. The number of aliphatic hydroxyl groups excluding tert-OH is 1. The Balaban J connectivity index is 2.29. The van der Waals surface area contributed by atoms with Gasteiger partial charge in [0.05, 0.1) is 5.69 Å². The minimum Gasteiger partial charge on any atom is -0.398 e. The number of sulfonamides is 1. The zero-order chi connectivity index (χ0) is 14.0. The van der Waals surface area contributed by atoms with E-state index in [1.807, 2.05) is 0 Å². The van der Waals surface area contributed by atoms with Gasteiger partial charge in [-0.25, -0.2) is 12.8 Å². The van der Waals surface area contributed by atoms with Crippen LogP contribution in [0.2, 0.25) is 0 Å². The minimum atomic E-state index is -3.90. The molecule has 1 aliphatic rings. The summed E-state index contributed by atoms with van der Waals surface area (Å²) in [6.45, 7) is 0.665. The van der Waals surface area contributed by atoms with E-state index < -0.39 is 20.7 Å². The molecular formula is C12H17FN2O3S. The van der Waals surface area contributed by atoms with Crippen LogP contribution in [0, 0.1) is 11.7 Å². The molecule has 0 aromatic heterocycles. The van der Waals surface area contributed by atoms with Gasteiger partial charge in [-0.05, 0) is 30.9 Å². The molecule has 106 valence electrons. The monoisotopic (exact) mass is 288 g/mol. The topological polar surface area (TPSA) is 83.6 Å². The van der Waals surface area contributed by atoms with Gasteiger partial charge in [-0.3, -0.25) is 0 Å². The summed E-state index contributed by atoms with van der Waals surface area (Å²) >= 11 is 0. The molecule has 0 spiro atoms. The molecule has 3 N–H and O–H groups in total. The summed E-state index contributed by atoms with van der Waals surface area (Å²) in [5.74, 6) is -0.710. The number of nitrogens with zero attached hydrogens (tertiary/aromatic N) is 1. The van der Waals surface area contributed by atoms with Crippen molar-refractivity contribution in [2.75, 3.05) is 25.4 Å². The second-order valence-corrected chi connectivity index (χ2v) is 6.56. The van der Waals surface area contributed by atoms with Crippen LogP contribution in [0.1, 0.15) is 12.8 Å². The van der Waals surface area contributed by atoms with Crippen molar-refractivity contribution in [1.29, 1.82) is 0 Å². The molecule has 1 atom stereocenters. The Hall–Kier alpha value is -1.18. The number of hydrogen-bond donors (Lipinski definition) is 2. The number of hydrogen-bond acceptors (Lipinski definition) is 4. The predicted octanol–water partition coefficient (Wildman–Crippen LogP) is 0.801. The first-order chi connectivity index (χ1) is 8.96. The largest absolute Gasteiger partial charge is 0.398 e. The van der Waals surface area contributed by atoms with Crippen molar-refractivity contribution in [2.24, 2.45) is 5.92 Å². The van der Waals surface area contributed by atoms with Crippen LogP contribution in [0.3, 0.4) is 0 Å². The fourth-order valence-electron chi connectivity index (χ4n) is 2.36. The summed E-state index contributed by atoms with van der Waals surface area (Å²) in [6, 6.07) is 3.84. The van der Waals surface area contributed by atoms with Gasteiger partial charge in [-0.2, -0.15) is 4.31 Å². The third kappa shape index (κ3) is 2.72. The number of halogens is 1. The van der Waals surface area contributed by atoms with Gasteiger partial charge in [0.1, 0.15) is 10.7 Å². The normalized spacial score (nSPS) is 20.8. The van der Waals surface area contributed by atoms with Crippen LogP contribution >= 0.6 is 0 Å². The molecule has 0 amide bonds. The Labute approximate surface area is 111 Å². The van der Waals surface area contributed by atoms with Crippen molar-refractivity contribution in [3.05, 3.63) is 24.0 Å². The van der Waals surface area contributed by atoms with E-state index in [0.29, 0.717) is 25.9 Å². The molecule has 7 heteroatoms. The highest BCUT2D eigenvalue weighted by molar-refractivity contribution is 7.89. The molecule has 1 aromatic rings. The Morgan fingerprint density at radius 1 is 1.47 bits per heavy atom. The lowest BCUT2D eigenvalue weighted by Crippen LogP contribution is -2.30. The molecule has 1 saturated heterocycles. The minimum absolute atomic E-state index is 0.0282. The molecule has 0 bridgehead atoms. The van der Waals surface area contributed by atoms with E-state index in [9.17, 15) is 12.8 Å². The van der Waals surface area contributed by atoms with E-state index in [-0.39, 0.29) is 18.2 Å². The standard InChI is InChI=1S/C12H17FN2O3S/c13-10-2-1-3-11(14)12(10)19(17,18)15-6-4-9(8-15)5-7-16/h1-3,9,16H,4-8,14H2. The molecule has 1 aliphatic heterocycles. The summed E-state index contributed by atoms with van der Waals surface area (Å²) in [4.78, 5) is -0.445. The van der Waals surface area contributed by atoms with Gasteiger partial charge in [0.25, 0.3) is 0 Å². The Bertz CT molecular complexity index is 542. The molecule has 1 aromatic carbocycles. The number of rotatable bonds is 4. The number of nitrogen functional groups attached to an aromatic ring is 1. The number of nitrogens with two attached hydrogens (primary N) is 1. The molecule has 5 nitrogen and oxygen atoms in total. The average molecular weight is 288 g/mol. The van der Waals surface area contributed by atoms with Crippen molar-refractivity contribution in [2.45, 2.75) is 17.7 Å². The van der Waals surface area contributed by atoms with Crippen molar-refractivity contribution >= 4 is 15.7 Å². The molecule has 1 unspecified atom stereocenters. The maximum Gasteiger partial charge on any atom is 0.248 e. The first-order valence-electron chi connectivity index (χ1n) is 6.12. The van der Waals surface area contributed by atoms with E-state index in [4.69, 9.17) is 10.8 Å². The van der Waals surface area contributed by atoms with Crippen molar-refractivity contribution in [3.63, 3.8) is 0 Å². The fraction of sp³-hybridized carbons (Fsp3) is 0.500. The Morgan fingerprint density at radius 3 is 2.84 bits per heavy atom. The summed E-state index contributed by atoms with van der Waals surface area (Å²) < 4.78 is 39.7. The third-order valence-corrected chi connectivity index (χ3v) is 5.34. The maximum absolute atomic E-state index is 13.7. The van der Waals surface area contributed by atoms with Gasteiger partial charge in [0.15, 0.2) is 0 Å². The highest BCUT2D eigenvalue weighted by Gasteiger charge is 2.35. The molecule has 1 fully saturated rings. The third-order valence-electron chi connectivity index (χ3n) is 3.38. The van der Waals surface area contributed by atoms with E-state index >= 15 is 0 Å². The smallest absolute Gasteiger partial charge is 0.248 e. The van der Waals surface area contributed by atoms with E-state index in [2.05, 4.69) is 0 Å². The lowest BCUT2D eigenvalue weighted by Gasteiger charge is -2.18. The van der Waals surface area contributed by atoms with Crippen LogP contribution in [-0.4, -0.2) is 37.5 Å². The van der Waals surface area contributed by atoms with Gasteiger partial charge < -0.3 is 10.8 Å². The second-order valence-electron chi connectivity index (χ2n) is 4.69. The average Bonchev–Trinajstić information content (AvgIpc) is 2.78. The SMILES string of the molecule is Nc1cccc(F)c1S(=O)(=O)N1CCC(CCO)C1. The highest BCUT2D eigenvalue weighted by atomic mass is 32.2. The van der Waals surface area contributed by atoms with Crippen LogP contribution in [-0.2, 0) is 10.0 Å². The van der Waals surface area contributed by atoms with E-state index in [0.717, 1.165) is 6.07 Å². The van der Waals surface area contributed by atoms with Crippen molar-refractivity contribution < 1.29 is 17.9 Å². The summed E-state index contributed by atoms with van der Waals surface area (Å²) in [5, 5.41) is 8.87. The lowest BCUT2D eigenvalue weighted by atomic mass is 10.1. The molecule has 0 aliphatic carbocycles. The molecule has 0 saturated carbocycles. The summed E-state index contributed by atoms with van der Waals surface area (Å²) in [6.07, 6.45) is 1.23. The second kappa shape index (κ2) is 5.44. The number of benzene rings is 1. The summed E-state index contributed by atoms with van der Waals surface area (Å²) in [7, 11) is -3.90. The van der Waals surface area contributed by atoms with Crippen LogP contribution in [0.4, 0.5) is 10.1 Å². The van der Waals surface area contributed by atoms with Crippen LogP contribution in [0.25, 0.3) is 0 Å². The van der Waals surface area contributed by atoms with Gasteiger partial charge in [0.2, 0.25) is 10.0 Å². The molecule has 2 rings (SSSR count). The van der Waals surface area contributed by atoms with Crippen molar-refractivity contribution in [3.8, 4) is 0 Å².